The molecule has 0 aromatic heterocycles. The van der Waals surface area contributed by atoms with Crippen LogP contribution in [0.1, 0.15) is 387 Å². The summed E-state index contributed by atoms with van der Waals surface area (Å²) in [5.74, 6) is -1.82. The normalized spacial score (nSPS) is 11.9. The third-order valence-electron chi connectivity index (χ3n) is 15.3. The van der Waals surface area contributed by atoms with E-state index in [0.29, 0.717) is 12.8 Å². The molecule has 2 atom stereocenters. The Balaban J connectivity index is -0.00000136. The molecule has 0 aliphatic heterocycles. The summed E-state index contributed by atoms with van der Waals surface area (Å²) in [6.07, 6.45) is 66.0. The second-order valence-electron chi connectivity index (χ2n) is 22.6. The molecule has 0 heterocycles. The number of rotatable bonds is 60. The number of carboxylic acid groups (broad SMARTS) is 2. The van der Waals surface area contributed by atoms with Gasteiger partial charge in [0.05, 0.1) is 0 Å². The Morgan fingerprint density at radius 2 is 0.440 bits per heavy atom. The maximum absolute atomic E-state index is 12.2. The summed E-state index contributed by atoms with van der Waals surface area (Å²) in [4.78, 5) is 45.1. The number of carboxylic acids is 2. The van der Waals surface area contributed by atoms with Crippen molar-refractivity contribution in [2.75, 3.05) is 0 Å². The molecule has 0 aromatic carbocycles. The van der Waals surface area contributed by atoms with Crippen molar-refractivity contribution in [2.45, 2.75) is 399 Å². The maximum Gasteiger partial charge on any atom is 2.00 e. The zero-order valence-electron chi connectivity index (χ0n) is 50.7. The van der Waals surface area contributed by atoms with Crippen LogP contribution in [0.2, 0.25) is 0 Å². The molecular formula is C66H126CaO8. The van der Waals surface area contributed by atoms with Crippen LogP contribution in [0.4, 0.5) is 0 Å². The molecule has 0 aromatic rings. The van der Waals surface area contributed by atoms with E-state index in [1.54, 1.807) is 0 Å². The molecule has 75 heavy (non-hydrogen) atoms. The number of aliphatic carboxylic acids is 2. The van der Waals surface area contributed by atoms with E-state index in [9.17, 15) is 29.4 Å². The molecule has 0 spiro atoms. The summed E-state index contributed by atoms with van der Waals surface area (Å²) in [5.41, 5.74) is 0. The topological polar surface area (TPSA) is 133 Å². The van der Waals surface area contributed by atoms with E-state index in [0.717, 1.165) is 103 Å². The molecule has 0 bridgehead atoms. The molecule has 0 radical (unpaired) electrons. The summed E-state index contributed by atoms with van der Waals surface area (Å²) >= 11 is 0. The van der Waals surface area contributed by atoms with Crippen LogP contribution in [-0.2, 0) is 28.7 Å². The molecule has 0 aliphatic carbocycles. The monoisotopic (exact) mass is 1090 g/mol. The van der Waals surface area contributed by atoms with Crippen molar-refractivity contribution in [3.05, 3.63) is 0 Å². The van der Waals surface area contributed by atoms with Gasteiger partial charge in [-0.2, -0.15) is 0 Å². The molecule has 9 heteroatoms. The first-order valence-corrected chi connectivity index (χ1v) is 33.0. The molecule has 0 aliphatic rings. The Bertz CT molecular complexity index is 1080. The van der Waals surface area contributed by atoms with E-state index in [1.807, 2.05) is 0 Å². The number of carbonyl (C=O) groups is 4. The fourth-order valence-electron chi connectivity index (χ4n) is 10.2. The first-order valence-electron chi connectivity index (χ1n) is 33.0. The van der Waals surface area contributed by atoms with Gasteiger partial charge in [0.25, 0.3) is 0 Å². The van der Waals surface area contributed by atoms with Crippen LogP contribution in [-0.4, -0.2) is 73.8 Å². The molecule has 0 rings (SSSR count). The minimum atomic E-state index is -0.920. The Hall–Kier alpha value is -0.860. The minimum absolute atomic E-state index is 0. The van der Waals surface area contributed by atoms with E-state index in [4.69, 9.17) is 9.47 Å². The third-order valence-corrected chi connectivity index (χ3v) is 15.3. The summed E-state index contributed by atoms with van der Waals surface area (Å²) in [6.45, 7) is 8.80. The number of carbonyl (C=O) groups excluding carboxylic acids is 4. The van der Waals surface area contributed by atoms with Gasteiger partial charge in [0.1, 0.15) is 12.2 Å². The fourth-order valence-corrected chi connectivity index (χ4v) is 10.2. The van der Waals surface area contributed by atoms with Gasteiger partial charge in [-0.1, -0.05) is 297 Å². The SMILES string of the molecule is CCCCCCCCCCCCCCC(=O)OC(CC)CCCCCCCCCCCCCCC(=O)[O-].CCCCCCCCCCCCCCC(=O)OC(CC)CCCCCCCCCCCCCCC(=O)[O-].[Ca+2]. The van der Waals surface area contributed by atoms with E-state index < -0.39 is 11.9 Å². The van der Waals surface area contributed by atoms with Gasteiger partial charge in [0, 0.05) is 24.8 Å². The predicted molar refractivity (Wildman–Crippen MR) is 317 cm³/mol. The van der Waals surface area contributed by atoms with Gasteiger partial charge in [-0.25, -0.2) is 0 Å². The minimum Gasteiger partial charge on any atom is -0.550 e. The molecule has 0 N–H and O–H groups in total. The van der Waals surface area contributed by atoms with Gasteiger partial charge in [-0.3, -0.25) is 9.59 Å². The molecule has 0 saturated carbocycles. The number of unbranched alkanes of at least 4 members (excludes halogenated alkanes) is 44. The first kappa shape index (κ1) is 78.4. The van der Waals surface area contributed by atoms with Gasteiger partial charge in [0.15, 0.2) is 0 Å². The quantitative estimate of drug-likeness (QED) is 0.0334. The predicted octanol–water partition coefficient (Wildman–Crippen LogP) is 18.8. The van der Waals surface area contributed by atoms with Crippen LogP contribution in [0.15, 0.2) is 0 Å². The molecule has 2 unspecified atom stereocenters. The van der Waals surface area contributed by atoms with E-state index in [2.05, 4.69) is 27.7 Å². The van der Waals surface area contributed by atoms with Crippen LogP contribution in [0, 0.1) is 0 Å². The average molecular weight is 1090 g/mol. The second-order valence-corrected chi connectivity index (χ2v) is 22.6. The summed E-state index contributed by atoms with van der Waals surface area (Å²) in [7, 11) is 0. The van der Waals surface area contributed by atoms with Crippen LogP contribution >= 0.6 is 0 Å². The van der Waals surface area contributed by atoms with Gasteiger partial charge >= 0.3 is 49.7 Å². The number of esters is 2. The van der Waals surface area contributed by atoms with Crippen molar-refractivity contribution >= 4 is 61.6 Å². The maximum atomic E-state index is 12.2. The number of ether oxygens (including phenoxy) is 2. The van der Waals surface area contributed by atoms with E-state index in [-0.39, 0.29) is 74.7 Å². The Kier molecular flexibility index (Phi) is 70.4. The third kappa shape index (κ3) is 69.2. The van der Waals surface area contributed by atoms with Crippen LogP contribution < -0.4 is 10.2 Å². The largest absolute Gasteiger partial charge is 2.00 e. The van der Waals surface area contributed by atoms with Gasteiger partial charge in [-0.15, -0.1) is 0 Å². The molecule has 0 fully saturated rings. The zero-order valence-corrected chi connectivity index (χ0v) is 52.9. The van der Waals surface area contributed by atoms with E-state index >= 15 is 0 Å². The Morgan fingerprint density at radius 3 is 0.627 bits per heavy atom. The van der Waals surface area contributed by atoms with Gasteiger partial charge in [-0.05, 0) is 77.0 Å². The summed E-state index contributed by atoms with van der Waals surface area (Å²) < 4.78 is 11.5. The van der Waals surface area contributed by atoms with Crippen molar-refractivity contribution < 1.29 is 38.9 Å². The number of hydrogen-bond acceptors (Lipinski definition) is 8. The van der Waals surface area contributed by atoms with Crippen molar-refractivity contribution in [1.29, 1.82) is 0 Å². The van der Waals surface area contributed by atoms with E-state index in [1.165, 1.54) is 231 Å². The fraction of sp³-hybridized carbons (Fsp3) is 0.939. The summed E-state index contributed by atoms with van der Waals surface area (Å²) in [5, 5.41) is 20.7. The summed E-state index contributed by atoms with van der Waals surface area (Å²) in [6, 6.07) is 0. The second kappa shape index (κ2) is 67.4. The van der Waals surface area contributed by atoms with Crippen molar-refractivity contribution in [3.8, 4) is 0 Å². The van der Waals surface area contributed by atoms with Gasteiger partial charge < -0.3 is 29.3 Å². The number of hydrogen-bond donors (Lipinski definition) is 0. The standard InChI is InChI=1S/2C33H64O4.Ca/c2*1-3-5-6-7-8-9-10-15-18-21-24-27-30-33(36)37-31(4-2)28-25-22-19-16-13-11-12-14-17-20-23-26-29-32(34)35;/h2*31H,3-30H2,1-2H3,(H,34,35);/q;;+2/p-2. The van der Waals surface area contributed by atoms with Crippen LogP contribution in [0.5, 0.6) is 0 Å². The van der Waals surface area contributed by atoms with Crippen molar-refractivity contribution in [3.63, 3.8) is 0 Å². The Morgan fingerprint density at radius 1 is 0.267 bits per heavy atom. The molecule has 0 saturated heterocycles. The van der Waals surface area contributed by atoms with Crippen molar-refractivity contribution in [2.24, 2.45) is 0 Å². The van der Waals surface area contributed by atoms with Gasteiger partial charge in [0.2, 0.25) is 0 Å². The Labute approximate surface area is 496 Å². The molecule has 8 nitrogen and oxygen atoms in total. The first-order chi connectivity index (χ1) is 36.2. The van der Waals surface area contributed by atoms with Crippen molar-refractivity contribution in [1.82, 2.24) is 0 Å². The molecule has 0 amide bonds. The zero-order chi connectivity index (χ0) is 54.5. The van der Waals surface area contributed by atoms with Crippen LogP contribution in [0.25, 0.3) is 0 Å². The van der Waals surface area contributed by atoms with Crippen LogP contribution in [0.3, 0.4) is 0 Å². The molecule has 440 valence electrons. The molecular weight excluding hydrogens is 961 g/mol. The average Bonchev–Trinajstić information content (AvgIpc) is 3.38. The smallest absolute Gasteiger partial charge is 0.550 e.